The molecular formula is C6H13N5O2S. The highest BCUT2D eigenvalue weighted by atomic mass is 32.2. The van der Waals surface area contributed by atoms with Gasteiger partial charge in [0.05, 0.1) is 12.8 Å². The zero-order valence-corrected chi connectivity index (χ0v) is 8.90. The molecule has 80 valence electrons. The highest BCUT2D eigenvalue weighted by Gasteiger charge is 2.13. The lowest BCUT2D eigenvalue weighted by atomic mass is 10.2. The largest absolute Gasteiger partial charge is 0.326 e. The SMILES string of the molecule is Cn1nnc(CC(N)CS(C)(=O)=O)n1. The fraction of sp³-hybridized carbons (Fsp3) is 0.833. The molecule has 0 spiro atoms. The summed E-state index contributed by atoms with van der Waals surface area (Å²) < 4.78 is 21.8. The molecule has 0 aliphatic rings. The van der Waals surface area contributed by atoms with E-state index in [4.69, 9.17) is 5.73 Å². The number of hydrogen-bond donors (Lipinski definition) is 1. The first-order chi connectivity index (χ1) is 6.37. The zero-order chi connectivity index (χ0) is 10.8. The van der Waals surface area contributed by atoms with Gasteiger partial charge in [0, 0.05) is 18.7 Å². The van der Waals surface area contributed by atoms with Crippen molar-refractivity contribution in [1.29, 1.82) is 0 Å². The van der Waals surface area contributed by atoms with Gasteiger partial charge in [-0.3, -0.25) is 0 Å². The molecule has 0 aliphatic carbocycles. The van der Waals surface area contributed by atoms with E-state index in [1.165, 1.54) is 4.80 Å². The van der Waals surface area contributed by atoms with Crippen LogP contribution in [0.3, 0.4) is 0 Å². The maximum Gasteiger partial charge on any atom is 0.176 e. The number of aryl methyl sites for hydroxylation is 1. The number of hydrogen-bond acceptors (Lipinski definition) is 6. The molecule has 0 saturated carbocycles. The summed E-state index contributed by atoms with van der Waals surface area (Å²) in [6.45, 7) is 0. The molecule has 14 heavy (non-hydrogen) atoms. The Morgan fingerprint density at radius 1 is 1.57 bits per heavy atom. The molecule has 0 amide bonds. The minimum atomic E-state index is -3.04. The van der Waals surface area contributed by atoms with Gasteiger partial charge in [-0.1, -0.05) is 0 Å². The van der Waals surface area contributed by atoms with E-state index in [9.17, 15) is 8.42 Å². The first kappa shape index (κ1) is 11.1. The first-order valence-electron chi connectivity index (χ1n) is 4.03. The Kier molecular flexibility index (Phi) is 3.17. The Morgan fingerprint density at radius 3 is 2.64 bits per heavy atom. The smallest absolute Gasteiger partial charge is 0.176 e. The number of nitrogens with zero attached hydrogens (tertiary/aromatic N) is 4. The Bertz CT molecular complexity index is 398. The number of rotatable bonds is 4. The van der Waals surface area contributed by atoms with Gasteiger partial charge in [-0.15, -0.1) is 10.2 Å². The van der Waals surface area contributed by atoms with Crippen LogP contribution in [0.5, 0.6) is 0 Å². The second-order valence-corrected chi connectivity index (χ2v) is 5.44. The van der Waals surface area contributed by atoms with Crippen molar-refractivity contribution in [3.8, 4) is 0 Å². The third kappa shape index (κ3) is 3.79. The average Bonchev–Trinajstić information content (AvgIpc) is 2.30. The van der Waals surface area contributed by atoms with Gasteiger partial charge in [0.2, 0.25) is 0 Å². The third-order valence-electron chi connectivity index (χ3n) is 1.51. The number of aromatic nitrogens is 4. The maximum absolute atomic E-state index is 10.9. The van der Waals surface area contributed by atoms with Gasteiger partial charge in [0.15, 0.2) is 5.82 Å². The van der Waals surface area contributed by atoms with Gasteiger partial charge in [-0.05, 0) is 5.21 Å². The van der Waals surface area contributed by atoms with Crippen LogP contribution in [0.15, 0.2) is 0 Å². The molecule has 1 unspecified atom stereocenters. The minimum absolute atomic E-state index is 0.0642. The molecule has 2 N–H and O–H groups in total. The molecule has 7 nitrogen and oxygen atoms in total. The fourth-order valence-electron chi connectivity index (χ4n) is 1.09. The van der Waals surface area contributed by atoms with Crippen LogP contribution in [-0.4, -0.2) is 46.7 Å². The van der Waals surface area contributed by atoms with E-state index in [1.807, 2.05) is 0 Å². The summed E-state index contributed by atoms with van der Waals surface area (Å²) in [7, 11) is -1.41. The maximum atomic E-state index is 10.9. The normalized spacial score (nSPS) is 14.2. The Morgan fingerprint density at radius 2 is 2.21 bits per heavy atom. The summed E-state index contributed by atoms with van der Waals surface area (Å²) in [6.07, 6.45) is 1.47. The molecule has 0 aromatic carbocycles. The van der Waals surface area contributed by atoms with Crippen LogP contribution < -0.4 is 5.73 Å². The van der Waals surface area contributed by atoms with Crippen LogP contribution in [-0.2, 0) is 23.3 Å². The molecule has 1 rings (SSSR count). The van der Waals surface area contributed by atoms with E-state index < -0.39 is 15.9 Å². The van der Waals surface area contributed by atoms with E-state index in [1.54, 1.807) is 7.05 Å². The fourth-order valence-corrected chi connectivity index (χ4v) is 1.98. The lowest BCUT2D eigenvalue weighted by Gasteiger charge is -2.06. The van der Waals surface area contributed by atoms with Crippen molar-refractivity contribution in [2.75, 3.05) is 12.0 Å². The van der Waals surface area contributed by atoms with Gasteiger partial charge in [-0.2, -0.15) is 4.80 Å². The van der Waals surface area contributed by atoms with E-state index in [0.717, 1.165) is 6.26 Å². The first-order valence-corrected chi connectivity index (χ1v) is 6.09. The van der Waals surface area contributed by atoms with Gasteiger partial charge >= 0.3 is 0 Å². The standard InChI is InChI=1S/C6H13N5O2S/c1-11-9-6(8-10-11)3-5(7)4-14(2,12)13/h5H,3-4,7H2,1-2H3. The van der Waals surface area contributed by atoms with Crippen molar-refractivity contribution < 1.29 is 8.42 Å². The molecule has 0 fully saturated rings. The highest BCUT2D eigenvalue weighted by Crippen LogP contribution is 1.95. The quantitative estimate of drug-likeness (QED) is 0.636. The topological polar surface area (TPSA) is 104 Å². The predicted octanol–water partition coefficient (Wildman–Crippen LogP) is -1.88. The van der Waals surface area contributed by atoms with Crippen LogP contribution in [0.25, 0.3) is 0 Å². The summed E-state index contributed by atoms with van der Waals surface area (Å²) in [5.41, 5.74) is 5.60. The molecule has 1 atom stereocenters. The van der Waals surface area contributed by atoms with Crippen molar-refractivity contribution in [3.05, 3.63) is 5.82 Å². The highest BCUT2D eigenvalue weighted by molar-refractivity contribution is 7.90. The third-order valence-corrected chi connectivity index (χ3v) is 2.54. The molecule has 8 heteroatoms. The van der Waals surface area contributed by atoms with Crippen LogP contribution >= 0.6 is 0 Å². The van der Waals surface area contributed by atoms with Crippen molar-refractivity contribution in [2.24, 2.45) is 12.8 Å². The van der Waals surface area contributed by atoms with Crippen molar-refractivity contribution in [2.45, 2.75) is 12.5 Å². The van der Waals surface area contributed by atoms with Crippen LogP contribution in [0, 0.1) is 0 Å². The second-order valence-electron chi connectivity index (χ2n) is 3.25. The summed E-state index contributed by atoms with van der Waals surface area (Å²) in [5, 5.41) is 11.2. The number of sulfone groups is 1. The summed E-state index contributed by atoms with van der Waals surface area (Å²) in [6, 6.07) is -0.478. The van der Waals surface area contributed by atoms with Gasteiger partial charge in [-0.25, -0.2) is 8.42 Å². The van der Waals surface area contributed by atoms with Gasteiger partial charge < -0.3 is 5.73 Å². The van der Waals surface area contributed by atoms with Crippen LogP contribution in [0.2, 0.25) is 0 Å². The summed E-state index contributed by atoms with van der Waals surface area (Å²) in [5.74, 6) is 0.397. The average molecular weight is 219 g/mol. The molecule has 0 saturated heterocycles. The van der Waals surface area contributed by atoms with Crippen molar-refractivity contribution >= 4 is 9.84 Å². The second kappa shape index (κ2) is 4.01. The van der Waals surface area contributed by atoms with Gasteiger partial charge in [0.25, 0.3) is 0 Å². The molecule has 0 aliphatic heterocycles. The van der Waals surface area contributed by atoms with Crippen LogP contribution in [0.4, 0.5) is 0 Å². The Hall–Kier alpha value is -1.02. The Labute approximate surface area is 82.2 Å². The molecular weight excluding hydrogens is 206 g/mol. The van der Waals surface area contributed by atoms with E-state index in [0.29, 0.717) is 12.2 Å². The van der Waals surface area contributed by atoms with Crippen molar-refractivity contribution in [1.82, 2.24) is 20.2 Å². The molecule has 1 aromatic heterocycles. The monoisotopic (exact) mass is 219 g/mol. The molecule has 1 aromatic rings. The predicted molar refractivity (Wildman–Crippen MR) is 50.2 cm³/mol. The lowest BCUT2D eigenvalue weighted by Crippen LogP contribution is -2.31. The Balaban J connectivity index is 2.53. The molecule has 0 bridgehead atoms. The summed E-state index contributed by atoms with van der Waals surface area (Å²) in [4.78, 5) is 1.31. The molecule has 0 radical (unpaired) electrons. The van der Waals surface area contributed by atoms with E-state index in [2.05, 4.69) is 15.4 Å². The molecule has 1 heterocycles. The minimum Gasteiger partial charge on any atom is -0.326 e. The van der Waals surface area contributed by atoms with Gasteiger partial charge in [0.1, 0.15) is 9.84 Å². The van der Waals surface area contributed by atoms with E-state index in [-0.39, 0.29) is 5.75 Å². The number of nitrogens with two attached hydrogens (primary N) is 1. The van der Waals surface area contributed by atoms with Crippen molar-refractivity contribution in [3.63, 3.8) is 0 Å². The van der Waals surface area contributed by atoms with Crippen LogP contribution in [0.1, 0.15) is 5.82 Å². The summed E-state index contributed by atoms with van der Waals surface area (Å²) >= 11 is 0. The van der Waals surface area contributed by atoms with E-state index >= 15 is 0 Å². The lowest BCUT2D eigenvalue weighted by molar-refractivity contribution is 0.588. The zero-order valence-electron chi connectivity index (χ0n) is 8.08. The number of tetrazole rings is 1.